The molecular weight excluding hydrogens is 244 g/mol. The van der Waals surface area contributed by atoms with Crippen molar-refractivity contribution in [3.8, 4) is 0 Å². The van der Waals surface area contributed by atoms with Gasteiger partial charge in [0.15, 0.2) is 0 Å². The first-order valence-corrected chi connectivity index (χ1v) is 5.64. The Morgan fingerprint density at radius 1 is 1.18 bits per heavy atom. The van der Waals surface area contributed by atoms with E-state index in [4.69, 9.17) is 5.73 Å². The van der Waals surface area contributed by atoms with Crippen molar-refractivity contribution in [2.24, 2.45) is 5.73 Å². The van der Waals surface area contributed by atoms with Gasteiger partial charge in [-0.15, -0.1) is 0 Å². The third-order valence-electron chi connectivity index (χ3n) is 2.00. The van der Waals surface area contributed by atoms with Crippen molar-refractivity contribution in [3.63, 3.8) is 0 Å². The lowest BCUT2D eigenvalue weighted by Gasteiger charge is -2.03. The fraction of sp³-hybridized carbons (Fsp3) is 0.0909. The van der Waals surface area contributed by atoms with Gasteiger partial charge in [-0.1, -0.05) is 11.8 Å². The summed E-state index contributed by atoms with van der Waals surface area (Å²) in [5, 5.41) is 0.492. The molecule has 0 aliphatic carbocycles. The van der Waals surface area contributed by atoms with E-state index in [-0.39, 0.29) is 4.90 Å². The molecule has 0 radical (unpaired) electrons. The zero-order valence-electron chi connectivity index (χ0n) is 8.73. The fourth-order valence-electron chi connectivity index (χ4n) is 1.17. The van der Waals surface area contributed by atoms with Gasteiger partial charge in [-0.3, -0.25) is 4.98 Å². The normalized spacial score (nSPS) is 10.5. The van der Waals surface area contributed by atoms with E-state index in [0.717, 1.165) is 30.0 Å². The van der Waals surface area contributed by atoms with E-state index < -0.39 is 11.6 Å². The molecule has 1 aromatic heterocycles. The molecule has 0 amide bonds. The number of rotatable bonds is 3. The zero-order valence-corrected chi connectivity index (χ0v) is 9.55. The van der Waals surface area contributed by atoms with Crippen LogP contribution in [0.3, 0.4) is 0 Å². The number of benzene rings is 1. The van der Waals surface area contributed by atoms with Crippen molar-refractivity contribution in [1.82, 2.24) is 9.97 Å². The Labute approximate surface area is 101 Å². The second-order valence-corrected chi connectivity index (χ2v) is 4.29. The van der Waals surface area contributed by atoms with Crippen molar-refractivity contribution in [1.29, 1.82) is 0 Å². The first-order valence-electron chi connectivity index (χ1n) is 4.83. The summed E-state index contributed by atoms with van der Waals surface area (Å²) in [5.74, 6) is -0.971. The molecule has 1 aromatic carbocycles. The number of nitrogens with two attached hydrogens (primary N) is 1. The van der Waals surface area contributed by atoms with Crippen LogP contribution in [0.2, 0.25) is 0 Å². The summed E-state index contributed by atoms with van der Waals surface area (Å²) >= 11 is 1.02. The lowest BCUT2D eigenvalue weighted by Crippen LogP contribution is -2.00. The van der Waals surface area contributed by atoms with Gasteiger partial charge in [0, 0.05) is 6.54 Å². The molecule has 0 saturated heterocycles. The summed E-state index contributed by atoms with van der Waals surface area (Å²) in [6.07, 6.45) is 3.00. The van der Waals surface area contributed by atoms with Crippen LogP contribution in [-0.2, 0) is 6.54 Å². The van der Waals surface area contributed by atoms with E-state index >= 15 is 0 Å². The lowest BCUT2D eigenvalue weighted by atomic mass is 10.3. The standard InChI is InChI=1S/C11H9F2N3S/c12-7-1-2-9(13)10(3-7)17-11-6-15-8(4-14)5-16-11/h1-3,5-6H,4,14H2. The van der Waals surface area contributed by atoms with Gasteiger partial charge in [0.1, 0.15) is 16.7 Å². The van der Waals surface area contributed by atoms with Gasteiger partial charge in [0.05, 0.1) is 23.0 Å². The summed E-state index contributed by atoms with van der Waals surface area (Å²) in [4.78, 5) is 8.25. The van der Waals surface area contributed by atoms with Crippen LogP contribution in [0.25, 0.3) is 0 Å². The lowest BCUT2D eigenvalue weighted by molar-refractivity contribution is 0.577. The minimum atomic E-state index is -0.486. The van der Waals surface area contributed by atoms with Gasteiger partial charge in [0.2, 0.25) is 0 Å². The molecule has 88 valence electrons. The van der Waals surface area contributed by atoms with Crippen molar-refractivity contribution in [2.45, 2.75) is 16.5 Å². The van der Waals surface area contributed by atoms with Crippen molar-refractivity contribution in [2.75, 3.05) is 0 Å². The second kappa shape index (κ2) is 5.20. The number of aromatic nitrogens is 2. The number of hydrogen-bond acceptors (Lipinski definition) is 4. The highest BCUT2D eigenvalue weighted by Crippen LogP contribution is 2.28. The number of hydrogen-bond donors (Lipinski definition) is 1. The Kier molecular flexibility index (Phi) is 3.65. The Morgan fingerprint density at radius 2 is 2.00 bits per heavy atom. The van der Waals surface area contributed by atoms with Gasteiger partial charge in [-0.25, -0.2) is 13.8 Å². The predicted molar refractivity (Wildman–Crippen MR) is 60.4 cm³/mol. The number of halogens is 2. The highest BCUT2D eigenvalue weighted by Gasteiger charge is 2.07. The average Bonchev–Trinajstić information content (AvgIpc) is 2.35. The molecule has 2 rings (SSSR count). The van der Waals surface area contributed by atoms with Crippen LogP contribution in [0.1, 0.15) is 5.69 Å². The highest BCUT2D eigenvalue weighted by molar-refractivity contribution is 7.99. The van der Waals surface area contributed by atoms with Crippen LogP contribution in [0.15, 0.2) is 40.5 Å². The van der Waals surface area contributed by atoms with Crippen LogP contribution in [0.4, 0.5) is 8.78 Å². The Morgan fingerprint density at radius 3 is 2.65 bits per heavy atom. The second-order valence-electron chi connectivity index (χ2n) is 3.23. The molecule has 6 heteroatoms. The number of nitrogens with zero attached hydrogens (tertiary/aromatic N) is 2. The van der Waals surface area contributed by atoms with Crippen LogP contribution >= 0.6 is 11.8 Å². The van der Waals surface area contributed by atoms with Gasteiger partial charge in [0.25, 0.3) is 0 Å². The molecule has 0 atom stereocenters. The molecule has 0 spiro atoms. The molecule has 0 saturated carbocycles. The van der Waals surface area contributed by atoms with E-state index in [0.29, 0.717) is 17.3 Å². The van der Waals surface area contributed by atoms with E-state index in [2.05, 4.69) is 9.97 Å². The topological polar surface area (TPSA) is 51.8 Å². The first kappa shape index (κ1) is 11.9. The van der Waals surface area contributed by atoms with Crippen LogP contribution in [0.5, 0.6) is 0 Å². The van der Waals surface area contributed by atoms with Crippen molar-refractivity contribution < 1.29 is 8.78 Å². The molecule has 0 bridgehead atoms. The third-order valence-corrected chi connectivity index (χ3v) is 2.95. The van der Waals surface area contributed by atoms with Gasteiger partial charge in [-0.2, -0.15) is 0 Å². The smallest absolute Gasteiger partial charge is 0.137 e. The molecule has 0 unspecified atom stereocenters. The van der Waals surface area contributed by atoms with E-state index in [1.54, 1.807) is 0 Å². The van der Waals surface area contributed by atoms with Crippen LogP contribution in [-0.4, -0.2) is 9.97 Å². The molecule has 1 heterocycles. The molecular formula is C11H9F2N3S. The minimum absolute atomic E-state index is 0.180. The van der Waals surface area contributed by atoms with Gasteiger partial charge < -0.3 is 5.73 Å². The molecule has 0 fully saturated rings. The fourth-order valence-corrected chi connectivity index (χ4v) is 1.94. The molecule has 0 aliphatic heterocycles. The largest absolute Gasteiger partial charge is 0.325 e. The average molecular weight is 253 g/mol. The van der Waals surface area contributed by atoms with Crippen molar-refractivity contribution >= 4 is 11.8 Å². The van der Waals surface area contributed by atoms with Gasteiger partial charge >= 0.3 is 0 Å². The van der Waals surface area contributed by atoms with Crippen LogP contribution < -0.4 is 5.73 Å². The summed E-state index contributed by atoms with van der Waals surface area (Å²) in [7, 11) is 0. The molecule has 3 nitrogen and oxygen atoms in total. The molecule has 2 aromatic rings. The summed E-state index contributed by atoms with van der Waals surface area (Å²) in [6.45, 7) is 0.298. The monoisotopic (exact) mass is 253 g/mol. The predicted octanol–water partition coefficient (Wildman–Crippen LogP) is 2.36. The minimum Gasteiger partial charge on any atom is -0.325 e. The summed E-state index contributed by atoms with van der Waals surface area (Å²) < 4.78 is 26.3. The maximum Gasteiger partial charge on any atom is 0.137 e. The highest BCUT2D eigenvalue weighted by atomic mass is 32.2. The Hall–Kier alpha value is -1.53. The summed E-state index contributed by atoms with van der Waals surface area (Å²) in [6, 6.07) is 3.28. The van der Waals surface area contributed by atoms with Crippen molar-refractivity contribution in [3.05, 3.63) is 47.9 Å². The quantitative estimate of drug-likeness (QED) is 0.912. The SMILES string of the molecule is NCc1cnc(Sc2cc(F)ccc2F)cn1. The van der Waals surface area contributed by atoms with Crippen LogP contribution in [0, 0.1) is 11.6 Å². The van der Waals surface area contributed by atoms with Gasteiger partial charge in [-0.05, 0) is 18.2 Å². The Balaban J connectivity index is 2.22. The maximum absolute atomic E-state index is 13.3. The molecule has 2 N–H and O–H groups in total. The molecule has 17 heavy (non-hydrogen) atoms. The van der Waals surface area contributed by atoms with E-state index in [9.17, 15) is 8.78 Å². The third kappa shape index (κ3) is 2.98. The summed E-state index contributed by atoms with van der Waals surface area (Å²) in [5.41, 5.74) is 6.02. The Bertz CT molecular complexity index is 517. The first-order chi connectivity index (χ1) is 8.19. The molecule has 0 aliphatic rings. The van der Waals surface area contributed by atoms with E-state index in [1.807, 2.05) is 0 Å². The maximum atomic E-state index is 13.3. The van der Waals surface area contributed by atoms with E-state index in [1.165, 1.54) is 12.4 Å². The zero-order chi connectivity index (χ0) is 12.3.